The lowest BCUT2D eigenvalue weighted by Gasteiger charge is -2.29. The largest absolute Gasteiger partial charge is 0.311 e. The maximum absolute atomic E-state index is 3.72. The molecule has 2 aliphatic rings. The summed E-state index contributed by atoms with van der Waals surface area (Å²) in [5.74, 6) is 0. The Balaban J connectivity index is 1.52. The zero-order chi connectivity index (χ0) is 11.7. The highest BCUT2D eigenvalue weighted by atomic mass is 15.0. The third-order valence-corrected chi connectivity index (χ3v) is 4.19. The zero-order valence-electron chi connectivity index (χ0n) is 10.6. The molecule has 0 amide bonds. The Morgan fingerprint density at radius 3 is 2.41 bits per heavy atom. The van der Waals surface area contributed by atoms with Crippen molar-refractivity contribution in [2.24, 2.45) is 0 Å². The van der Waals surface area contributed by atoms with Gasteiger partial charge < -0.3 is 10.6 Å². The highest BCUT2D eigenvalue weighted by Gasteiger charge is 2.32. The standard InChI is InChI=1S/C15H22N2/c1-11-2-4-12(5-3-11)10-16-15-8-13-6-7-14(9-15)17-13/h2-5,13-17H,6-10H2,1H3/t13-,14+,15-. The van der Waals surface area contributed by atoms with Crippen molar-refractivity contribution < 1.29 is 0 Å². The minimum atomic E-state index is 0.718. The quantitative estimate of drug-likeness (QED) is 0.833. The van der Waals surface area contributed by atoms with Crippen LogP contribution in [0.3, 0.4) is 0 Å². The van der Waals surface area contributed by atoms with Crippen molar-refractivity contribution in [1.29, 1.82) is 0 Å². The molecule has 3 atom stereocenters. The van der Waals surface area contributed by atoms with E-state index < -0.39 is 0 Å². The summed E-state index contributed by atoms with van der Waals surface area (Å²) in [5.41, 5.74) is 2.75. The summed E-state index contributed by atoms with van der Waals surface area (Å²) in [6.45, 7) is 3.16. The van der Waals surface area contributed by atoms with Crippen LogP contribution in [0, 0.1) is 6.92 Å². The van der Waals surface area contributed by atoms with Crippen LogP contribution < -0.4 is 10.6 Å². The monoisotopic (exact) mass is 230 g/mol. The van der Waals surface area contributed by atoms with Gasteiger partial charge in [-0.05, 0) is 38.2 Å². The van der Waals surface area contributed by atoms with Gasteiger partial charge in [-0.2, -0.15) is 0 Å². The number of aryl methyl sites for hydroxylation is 1. The molecule has 2 nitrogen and oxygen atoms in total. The van der Waals surface area contributed by atoms with Crippen LogP contribution >= 0.6 is 0 Å². The van der Waals surface area contributed by atoms with Gasteiger partial charge in [0.1, 0.15) is 0 Å². The number of piperidine rings is 1. The number of hydrogen-bond donors (Lipinski definition) is 2. The van der Waals surface area contributed by atoms with Crippen LogP contribution in [0.2, 0.25) is 0 Å². The molecule has 0 aromatic heterocycles. The molecule has 2 N–H and O–H groups in total. The minimum absolute atomic E-state index is 0.718. The summed E-state index contributed by atoms with van der Waals surface area (Å²) in [5, 5.41) is 7.40. The second kappa shape index (κ2) is 4.79. The Morgan fingerprint density at radius 1 is 1.12 bits per heavy atom. The van der Waals surface area contributed by atoms with E-state index in [1.54, 1.807) is 0 Å². The topological polar surface area (TPSA) is 24.1 Å². The predicted molar refractivity (Wildman–Crippen MR) is 71.0 cm³/mol. The van der Waals surface area contributed by atoms with Gasteiger partial charge in [0, 0.05) is 24.7 Å². The molecule has 0 aliphatic carbocycles. The van der Waals surface area contributed by atoms with Gasteiger partial charge in [-0.15, -0.1) is 0 Å². The highest BCUT2D eigenvalue weighted by Crippen LogP contribution is 2.26. The van der Waals surface area contributed by atoms with Gasteiger partial charge in [-0.3, -0.25) is 0 Å². The SMILES string of the molecule is Cc1ccc(CN[C@@H]2C[C@H]3CC[C@@H](C2)N3)cc1. The van der Waals surface area contributed by atoms with E-state index in [0.29, 0.717) is 0 Å². The third kappa shape index (κ3) is 2.70. The van der Waals surface area contributed by atoms with E-state index in [0.717, 1.165) is 24.7 Å². The summed E-state index contributed by atoms with van der Waals surface area (Å²) < 4.78 is 0. The first kappa shape index (κ1) is 11.2. The lowest BCUT2D eigenvalue weighted by atomic mass is 9.99. The van der Waals surface area contributed by atoms with E-state index >= 15 is 0 Å². The highest BCUT2D eigenvalue weighted by molar-refractivity contribution is 5.21. The van der Waals surface area contributed by atoms with Gasteiger partial charge >= 0.3 is 0 Å². The molecule has 0 radical (unpaired) electrons. The Morgan fingerprint density at radius 2 is 1.76 bits per heavy atom. The average molecular weight is 230 g/mol. The second-order valence-electron chi connectivity index (χ2n) is 5.67. The van der Waals surface area contributed by atoms with E-state index in [9.17, 15) is 0 Å². The van der Waals surface area contributed by atoms with Crippen molar-refractivity contribution in [3.63, 3.8) is 0 Å². The molecule has 2 heteroatoms. The van der Waals surface area contributed by atoms with Crippen LogP contribution in [0.4, 0.5) is 0 Å². The van der Waals surface area contributed by atoms with E-state index in [-0.39, 0.29) is 0 Å². The molecule has 1 aromatic rings. The van der Waals surface area contributed by atoms with Crippen LogP contribution in [-0.2, 0) is 6.54 Å². The fourth-order valence-corrected chi connectivity index (χ4v) is 3.19. The summed E-state index contributed by atoms with van der Waals surface area (Å²) in [6.07, 6.45) is 5.38. The van der Waals surface area contributed by atoms with Gasteiger partial charge in [0.15, 0.2) is 0 Å². The first-order valence-electron chi connectivity index (χ1n) is 6.84. The molecule has 2 heterocycles. The van der Waals surface area contributed by atoms with Crippen molar-refractivity contribution in [2.75, 3.05) is 0 Å². The number of benzene rings is 1. The smallest absolute Gasteiger partial charge is 0.0208 e. The van der Waals surface area contributed by atoms with Gasteiger partial charge in [-0.1, -0.05) is 29.8 Å². The summed E-state index contributed by atoms with van der Waals surface area (Å²) in [7, 11) is 0. The Bertz CT molecular complexity index is 359. The second-order valence-corrected chi connectivity index (χ2v) is 5.67. The van der Waals surface area contributed by atoms with Crippen molar-refractivity contribution in [3.05, 3.63) is 35.4 Å². The van der Waals surface area contributed by atoms with Crippen molar-refractivity contribution in [3.8, 4) is 0 Å². The van der Waals surface area contributed by atoms with Crippen molar-refractivity contribution >= 4 is 0 Å². The molecule has 1 aromatic carbocycles. The molecule has 0 unspecified atom stereocenters. The van der Waals surface area contributed by atoms with Crippen LogP contribution in [0.1, 0.15) is 36.8 Å². The predicted octanol–water partition coefficient (Wildman–Crippen LogP) is 2.37. The summed E-state index contributed by atoms with van der Waals surface area (Å²) in [6, 6.07) is 11.1. The fourth-order valence-electron chi connectivity index (χ4n) is 3.19. The van der Waals surface area contributed by atoms with Crippen LogP contribution in [0.25, 0.3) is 0 Å². The van der Waals surface area contributed by atoms with E-state index in [2.05, 4.69) is 41.8 Å². The first-order valence-corrected chi connectivity index (χ1v) is 6.84. The van der Waals surface area contributed by atoms with Crippen LogP contribution in [-0.4, -0.2) is 18.1 Å². The molecular formula is C15H22N2. The van der Waals surface area contributed by atoms with Gasteiger partial charge in [0.25, 0.3) is 0 Å². The Hall–Kier alpha value is -0.860. The van der Waals surface area contributed by atoms with Crippen LogP contribution in [0.15, 0.2) is 24.3 Å². The van der Waals surface area contributed by atoms with Gasteiger partial charge in [0.05, 0.1) is 0 Å². The number of fused-ring (bicyclic) bond motifs is 2. The number of hydrogen-bond acceptors (Lipinski definition) is 2. The average Bonchev–Trinajstić information content (AvgIpc) is 2.68. The fraction of sp³-hybridized carbons (Fsp3) is 0.600. The lowest BCUT2D eigenvalue weighted by molar-refractivity contribution is 0.316. The zero-order valence-corrected chi connectivity index (χ0v) is 10.6. The van der Waals surface area contributed by atoms with Crippen molar-refractivity contribution in [1.82, 2.24) is 10.6 Å². The Labute approximate surface area is 104 Å². The molecular weight excluding hydrogens is 208 g/mol. The molecule has 17 heavy (non-hydrogen) atoms. The third-order valence-electron chi connectivity index (χ3n) is 4.19. The van der Waals surface area contributed by atoms with E-state index in [1.165, 1.54) is 36.8 Å². The van der Waals surface area contributed by atoms with Crippen molar-refractivity contribution in [2.45, 2.75) is 57.3 Å². The minimum Gasteiger partial charge on any atom is -0.311 e. The van der Waals surface area contributed by atoms with E-state index in [1.807, 2.05) is 0 Å². The van der Waals surface area contributed by atoms with Gasteiger partial charge in [-0.25, -0.2) is 0 Å². The molecule has 3 rings (SSSR count). The number of rotatable bonds is 3. The maximum Gasteiger partial charge on any atom is 0.0208 e. The number of nitrogens with one attached hydrogen (secondary N) is 2. The lowest BCUT2D eigenvalue weighted by Crippen LogP contribution is -2.46. The molecule has 0 spiro atoms. The Kier molecular flexibility index (Phi) is 3.17. The molecule has 2 aliphatic heterocycles. The molecule has 2 bridgehead atoms. The summed E-state index contributed by atoms with van der Waals surface area (Å²) >= 11 is 0. The molecule has 0 saturated carbocycles. The molecule has 2 fully saturated rings. The van der Waals surface area contributed by atoms with Gasteiger partial charge in [0.2, 0.25) is 0 Å². The molecule has 92 valence electrons. The van der Waals surface area contributed by atoms with Crippen LogP contribution in [0.5, 0.6) is 0 Å². The molecule has 2 saturated heterocycles. The normalized spacial score (nSPS) is 31.7. The first-order chi connectivity index (χ1) is 8.29. The summed E-state index contributed by atoms with van der Waals surface area (Å²) in [4.78, 5) is 0. The van der Waals surface area contributed by atoms with E-state index in [4.69, 9.17) is 0 Å². The maximum atomic E-state index is 3.72.